The molecule has 8 nitrogen and oxygen atoms in total. The van der Waals surface area contributed by atoms with Gasteiger partial charge in [0.1, 0.15) is 5.69 Å². The van der Waals surface area contributed by atoms with E-state index < -0.39 is 16.9 Å². The number of aliphatic carboxylic acids is 1. The molecule has 1 N–H and O–H groups in total. The third-order valence-electron chi connectivity index (χ3n) is 4.21. The average Bonchev–Trinajstić information content (AvgIpc) is 2.85. The minimum atomic E-state index is -1.01. The number of para-hydroxylation sites is 2. The number of carboxylic acid groups (broad SMARTS) is 1. The van der Waals surface area contributed by atoms with E-state index in [0.717, 1.165) is 5.52 Å². The molecule has 0 amide bonds. The van der Waals surface area contributed by atoms with Crippen LogP contribution in [-0.2, 0) is 22.6 Å². The first kappa shape index (κ1) is 17.8. The van der Waals surface area contributed by atoms with Crippen LogP contribution in [0.1, 0.15) is 32.9 Å². The number of aromatic nitrogens is 4. The van der Waals surface area contributed by atoms with Crippen LogP contribution in [0.15, 0.2) is 29.1 Å². The van der Waals surface area contributed by atoms with Gasteiger partial charge >= 0.3 is 5.97 Å². The fourth-order valence-corrected chi connectivity index (χ4v) is 2.65. The van der Waals surface area contributed by atoms with E-state index in [1.807, 2.05) is 45.0 Å². The Labute approximate surface area is 149 Å². The first-order chi connectivity index (χ1) is 12.2. The van der Waals surface area contributed by atoms with Crippen LogP contribution in [0.25, 0.3) is 16.8 Å². The molecule has 3 aromatic rings. The minimum absolute atomic E-state index is 0.00450. The van der Waals surface area contributed by atoms with Crippen molar-refractivity contribution >= 4 is 28.6 Å². The van der Waals surface area contributed by atoms with Gasteiger partial charge < -0.3 is 9.67 Å². The maximum Gasteiger partial charge on any atom is 0.303 e. The Morgan fingerprint density at radius 2 is 1.81 bits per heavy atom. The summed E-state index contributed by atoms with van der Waals surface area (Å²) in [5.41, 5.74) is 0.430. The maximum absolute atomic E-state index is 12.5. The molecule has 1 aromatic carbocycles. The Morgan fingerprint density at radius 3 is 2.42 bits per heavy atom. The first-order valence-corrected chi connectivity index (χ1v) is 8.31. The number of benzene rings is 1. The summed E-state index contributed by atoms with van der Waals surface area (Å²) >= 11 is 0. The summed E-state index contributed by atoms with van der Waals surface area (Å²) in [7, 11) is 0. The molecule has 136 valence electrons. The Hall–Kier alpha value is -3.03. The highest BCUT2D eigenvalue weighted by atomic mass is 16.4. The molecule has 0 aliphatic carbocycles. The zero-order valence-corrected chi connectivity index (χ0v) is 14.9. The molecule has 8 heteroatoms. The van der Waals surface area contributed by atoms with Crippen molar-refractivity contribution in [1.29, 1.82) is 0 Å². The van der Waals surface area contributed by atoms with Crippen LogP contribution in [0.5, 0.6) is 0 Å². The molecule has 0 spiro atoms. The summed E-state index contributed by atoms with van der Waals surface area (Å²) in [4.78, 5) is 39.7. The number of hydrogen-bond acceptors (Lipinski definition) is 5. The standard InChI is InChI=1S/C18H20N4O4/c1-18(2,3)14(23)10-21-12-6-4-5-7-13(12)22-17(21)19-16(26)11(20-22)8-9-15(24)25/h4-7H,8-10H2,1-3H3,(H,24,25). The number of ketones is 1. The fourth-order valence-electron chi connectivity index (χ4n) is 2.65. The van der Waals surface area contributed by atoms with Crippen LogP contribution in [0.3, 0.4) is 0 Å². The molecule has 26 heavy (non-hydrogen) atoms. The second kappa shape index (κ2) is 6.36. The SMILES string of the molecule is CC(C)(C)C(=O)Cn1c2ccccc2n2nc(CCC(=O)O)c(=O)nc12. The van der Waals surface area contributed by atoms with E-state index in [9.17, 15) is 14.4 Å². The number of carbonyl (C=O) groups is 2. The van der Waals surface area contributed by atoms with Crippen LogP contribution < -0.4 is 5.56 Å². The topological polar surface area (TPSA) is 107 Å². The monoisotopic (exact) mass is 356 g/mol. The summed E-state index contributed by atoms with van der Waals surface area (Å²) in [5, 5.41) is 13.1. The van der Waals surface area contributed by atoms with Gasteiger partial charge in [-0.1, -0.05) is 32.9 Å². The van der Waals surface area contributed by atoms with Gasteiger partial charge in [0, 0.05) is 11.8 Å². The van der Waals surface area contributed by atoms with Crippen molar-refractivity contribution in [2.24, 2.45) is 5.41 Å². The lowest BCUT2D eigenvalue weighted by atomic mass is 9.91. The molecule has 0 fully saturated rings. The third kappa shape index (κ3) is 3.22. The van der Waals surface area contributed by atoms with Gasteiger partial charge in [0.05, 0.1) is 24.0 Å². The lowest BCUT2D eigenvalue weighted by Crippen LogP contribution is -2.26. The predicted octanol–water partition coefficient (Wildman–Crippen LogP) is 1.68. The van der Waals surface area contributed by atoms with Gasteiger partial charge in [-0.05, 0) is 12.1 Å². The summed E-state index contributed by atoms with van der Waals surface area (Å²) in [6.45, 7) is 5.59. The maximum atomic E-state index is 12.5. The van der Waals surface area contributed by atoms with Gasteiger partial charge in [-0.2, -0.15) is 14.6 Å². The molecule has 2 aromatic heterocycles. The number of rotatable bonds is 5. The Bertz CT molecular complexity index is 1070. The molecule has 0 saturated heterocycles. The van der Waals surface area contributed by atoms with Gasteiger partial charge in [-0.15, -0.1) is 0 Å². The molecule has 2 heterocycles. The second-order valence-electron chi connectivity index (χ2n) is 7.22. The van der Waals surface area contributed by atoms with Crippen molar-refractivity contribution < 1.29 is 14.7 Å². The van der Waals surface area contributed by atoms with E-state index in [2.05, 4.69) is 10.1 Å². The number of nitrogens with zero attached hydrogens (tertiary/aromatic N) is 4. The largest absolute Gasteiger partial charge is 0.481 e. The van der Waals surface area contributed by atoms with E-state index in [-0.39, 0.29) is 36.6 Å². The molecule has 0 radical (unpaired) electrons. The van der Waals surface area contributed by atoms with Crippen molar-refractivity contribution in [3.05, 3.63) is 40.3 Å². The summed E-state index contributed by atoms with van der Waals surface area (Å²) < 4.78 is 3.18. The number of fused-ring (bicyclic) bond motifs is 3. The smallest absolute Gasteiger partial charge is 0.303 e. The molecule has 0 atom stereocenters. The number of imidazole rings is 1. The molecular weight excluding hydrogens is 336 g/mol. The van der Waals surface area contributed by atoms with Crippen molar-refractivity contribution in [3.63, 3.8) is 0 Å². The predicted molar refractivity (Wildman–Crippen MR) is 95.2 cm³/mol. The first-order valence-electron chi connectivity index (χ1n) is 8.31. The Balaban J connectivity index is 2.20. The highest BCUT2D eigenvalue weighted by molar-refractivity contribution is 5.87. The second-order valence-corrected chi connectivity index (χ2v) is 7.22. The zero-order chi connectivity index (χ0) is 19.1. The number of Topliss-reactive ketones (excluding diaryl/α,β-unsaturated/α-hetero) is 1. The summed E-state index contributed by atoms with van der Waals surface area (Å²) in [6.07, 6.45) is -0.193. The van der Waals surface area contributed by atoms with Gasteiger partial charge in [0.2, 0.25) is 5.78 Å². The number of carboxylic acids is 1. The number of hydrogen-bond donors (Lipinski definition) is 1. The van der Waals surface area contributed by atoms with E-state index in [1.54, 1.807) is 4.57 Å². The van der Waals surface area contributed by atoms with Crippen molar-refractivity contribution in [3.8, 4) is 0 Å². The van der Waals surface area contributed by atoms with Gasteiger partial charge in [-0.25, -0.2) is 0 Å². The van der Waals surface area contributed by atoms with Crippen molar-refractivity contribution in [2.45, 2.75) is 40.2 Å². The van der Waals surface area contributed by atoms with Crippen LogP contribution in [0.2, 0.25) is 0 Å². The Kier molecular flexibility index (Phi) is 4.35. The van der Waals surface area contributed by atoms with Crippen molar-refractivity contribution in [2.75, 3.05) is 0 Å². The van der Waals surface area contributed by atoms with E-state index >= 15 is 0 Å². The van der Waals surface area contributed by atoms with Gasteiger partial charge in [-0.3, -0.25) is 14.4 Å². The molecule has 0 bridgehead atoms. The average molecular weight is 356 g/mol. The fraction of sp³-hybridized carbons (Fsp3) is 0.389. The van der Waals surface area contributed by atoms with Crippen LogP contribution in [-0.4, -0.2) is 36.0 Å². The lowest BCUT2D eigenvalue weighted by Gasteiger charge is -2.17. The molecule has 0 unspecified atom stereocenters. The van der Waals surface area contributed by atoms with Crippen LogP contribution in [0, 0.1) is 5.41 Å². The molecule has 0 saturated carbocycles. The van der Waals surface area contributed by atoms with E-state index in [1.165, 1.54) is 4.52 Å². The highest BCUT2D eigenvalue weighted by Gasteiger charge is 2.24. The molecule has 0 aliphatic rings. The van der Waals surface area contributed by atoms with E-state index in [0.29, 0.717) is 5.52 Å². The Morgan fingerprint density at radius 1 is 1.15 bits per heavy atom. The van der Waals surface area contributed by atoms with E-state index in [4.69, 9.17) is 5.11 Å². The van der Waals surface area contributed by atoms with Crippen LogP contribution >= 0.6 is 0 Å². The summed E-state index contributed by atoms with van der Waals surface area (Å²) in [5.74, 6) is -0.729. The third-order valence-corrected chi connectivity index (χ3v) is 4.21. The van der Waals surface area contributed by atoms with Crippen LogP contribution in [0.4, 0.5) is 0 Å². The molecule has 3 rings (SSSR count). The lowest BCUT2D eigenvalue weighted by molar-refractivity contribution is -0.137. The zero-order valence-electron chi connectivity index (χ0n) is 14.9. The quantitative estimate of drug-likeness (QED) is 0.745. The van der Waals surface area contributed by atoms with Gasteiger partial charge in [0.15, 0.2) is 5.78 Å². The normalized spacial score (nSPS) is 12.0. The highest BCUT2D eigenvalue weighted by Crippen LogP contribution is 2.22. The number of aryl methyl sites for hydroxylation is 1. The minimum Gasteiger partial charge on any atom is -0.481 e. The molecule has 0 aliphatic heterocycles. The van der Waals surface area contributed by atoms with Crippen molar-refractivity contribution in [1.82, 2.24) is 19.2 Å². The van der Waals surface area contributed by atoms with Gasteiger partial charge in [0.25, 0.3) is 5.56 Å². The number of carbonyl (C=O) groups excluding carboxylic acids is 1. The summed E-state index contributed by atoms with van der Waals surface area (Å²) in [6, 6.07) is 7.32. The molecular formula is C18H20N4O4.